The van der Waals surface area contributed by atoms with Crippen molar-refractivity contribution < 1.29 is 23.8 Å². The van der Waals surface area contributed by atoms with Crippen molar-refractivity contribution in [2.24, 2.45) is 0 Å². The molecule has 1 fully saturated rings. The first-order chi connectivity index (χ1) is 16.5. The van der Waals surface area contributed by atoms with Gasteiger partial charge in [-0.15, -0.1) is 0 Å². The molecule has 8 heteroatoms. The SMILES string of the molecule is COc1cc(/C=C2\SC(=O)N(CCOc3ccccc3)C2=O)c(Br)cc1OCc1ccccc1. The second-order valence-electron chi connectivity index (χ2n) is 7.29. The lowest BCUT2D eigenvalue weighted by Gasteiger charge is -2.14. The molecular formula is C26H22BrNO5S. The summed E-state index contributed by atoms with van der Waals surface area (Å²) < 4.78 is 17.8. The van der Waals surface area contributed by atoms with E-state index >= 15 is 0 Å². The molecule has 6 nitrogen and oxygen atoms in total. The number of carbonyl (C=O) groups is 2. The van der Waals surface area contributed by atoms with Crippen molar-refractivity contribution in [3.8, 4) is 17.2 Å². The molecular weight excluding hydrogens is 518 g/mol. The quantitative estimate of drug-likeness (QED) is 0.304. The van der Waals surface area contributed by atoms with Crippen LogP contribution in [0.1, 0.15) is 11.1 Å². The van der Waals surface area contributed by atoms with E-state index in [4.69, 9.17) is 14.2 Å². The number of carbonyl (C=O) groups excluding carboxylic acids is 2. The van der Waals surface area contributed by atoms with Gasteiger partial charge in [0.1, 0.15) is 19.0 Å². The number of rotatable bonds is 9. The molecule has 0 bridgehead atoms. The van der Waals surface area contributed by atoms with Gasteiger partial charge in [-0.2, -0.15) is 0 Å². The molecule has 0 saturated carbocycles. The molecule has 0 spiro atoms. The van der Waals surface area contributed by atoms with Gasteiger partial charge in [0.2, 0.25) is 0 Å². The van der Waals surface area contributed by atoms with Crippen LogP contribution in [0.5, 0.6) is 17.2 Å². The van der Waals surface area contributed by atoms with Gasteiger partial charge < -0.3 is 14.2 Å². The summed E-state index contributed by atoms with van der Waals surface area (Å²) in [5.74, 6) is 1.44. The predicted octanol–water partition coefficient (Wildman–Crippen LogP) is 6.15. The van der Waals surface area contributed by atoms with Gasteiger partial charge in [0.15, 0.2) is 11.5 Å². The minimum atomic E-state index is -0.345. The Labute approximate surface area is 210 Å². The van der Waals surface area contributed by atoms with Crippen LogP contribution in [0.25, 0.3) is 6.08 Å². The molecule has 0 atom stereocenters. The van der Waals surface area contributed by atoms with Gasteiger partial charge in [0, 0.05) is 4.47 Å². The van der Waals surface area contributed by atoms with E-state index in [1.165, 1.54) is 4.90 Å². The summed E-state index contributed by atoms with van der Waals surface area (Å²) in [6.07, 6.45) is 1.68. The molecule has 2 amide bonds. The van der Waals surface area contributed by atoms with Crippen molar-refractivity contribution in [3.05, 3.63) is 93.3 Å². The molecule has 0 radical (unpaired) electrons. The van der Waals surface area contributed by atoms with E-state index in [1.807, 2.05) is 60.7 Å². The largest absolute Gasteiger partial charge is 0.493 e. The van der Waals surface area contributed by atoms with Gasteiger partial charge in [-0.05, 0) is 53.2 Å². The molecule has 174 valence electrons. The third-order valence-electron chi connectivity index (χ3n) is 5.01. The first-order valence-corrected chi connectivity index (χ1v) is 12.1. The second-order valence-corrected chi connectivity index (χ2v) is 9.14. The van der Waals surface area contributed by atoms with Gasteiger partial charge in [-0.3, -0.25) is 14.5 Å². The number of benzene rings is 3. The Kier molecular flexibility index (Phi) is 7.92. The fourth-order valence-electron chi connectivity index (χ4n) is 3.27. The van der Waals surface area contributed by atoms with Gasteiger partial charge in [0.25, 0.3) is 11.1 Å². The van der Waals surface area contributed by atoms with E-state index in [-0.39, 0.29) is 24.3 Å². The van der Waals surface area contributed by atoms with Gasteiger partial charge in [0.05, 0.1) is 18.6 Å². The number of hydrogen-bond donors (Lipinski definition) is 0. The lowest BCUT2D eigenvalue weighted by atomic mass is 10.1. The van der Waals surface area contributed by atoms with Crippen LogP contribution in [0.3, 0.4) is 0 Å². The lowest BCUT2D eigenvalue weighted by Crippen LogP contribution is -2.32. The maximum atomic E-state index is 12.8. The van der Waals surface area contributed by atoms with Crippen LogP contribution in [-0.2, 0) is 11.4 Å². The summed E-state index contributed by atoms with van der Waals surface area (Å²) in [6.45, 7) is 0.793. The standard InChI is InChI=1S/C26H22BrNO5S/c1-31-22-14-19(21(27)16-23(22)33-17-18-8-4-2-5-9-18)15-24-25(29)28(26(30)34-24)12-13-32-20-10-6-3-7-11-20/h2-11,14-16H,12-13,17H2,1H3/b24-15-. The molecule has 4 rings (SSSR count). The Morgan fingerprint density at radius 3 is 2.35 bits per heavy atom. The zero-order valence-corrected chi connectivity index (χ0v) is 20.8. The van der Waals surface area contributed by atoms with E-state index in [0.717, 1.165) is 21.8 Å². The predicted molar refractivity (Wildman–Crippen MR) is 136 cm³/mol. The van der Waals surface area contributed by atoms with Crippen molar-refractivity contribution >= 4 is 44.9 Å². The van der Waals surface area contributed by atoms with Crippen molar-refractivity contribution in [3.63, 3.8) is 0 Å². The highest BCUT2D eigenvalue weighted by molar-refractivity contribution is 9.10. The molecule has 3 aromatic carbocycles. The Balaban J connectivity index is 1.45. The summed E-state index contributed by atoms with van der Waals surface area (Å²) in [4.78, 5) is 26.8. The number of amides is 2. The zero-order chi connectivity index (χ0) is 23.9. The molecule has 1 heterocycles. The number of nitrogens with zero attached hydrogens (tertiary/aromatic N) is 1. The van der Waals surface area contributed by atoms with Crippen LogP contribution in [0.2, 0.25) is 0 Å². The highest BCUT2D eigenvalue weighted by atomic mass is 79.9. The van der Waals surface area contributed by atoms with E-state index in [9.17, 15) is 9.59 Å². The van der Waals surface area contributed by atoms with Crippen LogP contribution in [0, 0.1) is 0 Å². The van der Waals surface area contributed by atoms with Crippen LogP contribution in [0.4, 0.5) is 4.79 Å². The monoisotopic (exact) mass is 539 g/mol. The Morgan fingerprint density at radius 2 is 1.65 bits per heavy atom. The van der Waals surface area contributed by atoms with Crippen LogP contribution < -0.4 is 14.2 Å². The summed E-state index contributed by atoms with van der Waals surface area (Å²) in [5.41, 5.74) is 1.74. The van der Waals surface area contributed by atoms with Crippen LogP contribution in [0.15, 0.2) is 82.2 Å². The van der Waals surface area contributed by atoms with Crippen molar-refractivity contribution in [2.75, 3.05) is 20.3 Å². The van der Waals surface area contributed by atoms with E-state index in [1.54, 1.807) is 25.3 Å². The van der Waals surface area contributed by atoms with E-state index in [2.05, 4.69) is 15.9 Å². The maximum absolute atomic E-state index is 12.8. The number of halogens is 1. The number of ether oxygens (including phenoxy) is 3. The summed E-state index contributed by atoms with van der Waals surface area (Å²) in [7, 11) is 1.56. The van der Waals surface area contributed by atoms with E-state index < -0.39 is 0 Å². The molecule has 1 aliphatic rings. The number of hydrogen-bond acceptors (Lipinski definition) is 6. The topological polar surface area (TPSA) is 65.1 Å². The second kappa shape index (κ2) is 11.3. The third kappa shape index (κ3) is 5.81. The first-order valence-electron chi connectivity index (χ1n) is 10.5. The van der Waals surface area contributed by atoms with Crippen LogP contribution >= 0.6 is 27.7 Å². The lowest BCUT2D eigenvalue weighted by molar-refractivity contribution is -0.123. The third-order valence-corrected chi connectivity index (χ3v) is 6.60. The minimum Gasteiger partial charge on any atom is -0.493 e. The number of thioether (sulfide) groups is 1. The summed E-state index contributed by atoms with van der Waals surface area (Å²) in [5, 5.41) is -0.321. The van der Waals surface area contributed by atoms with Gasteiger partial charge in [-0.25, -0.2) is 0 Å². The molecule has 34 heavy (non-hydrogen) atoms. The highest BCUT2D eigenvalue weighted by Crippen LogP contribution is 2.38. The van der Waals surface area contributed by atoms with Crippen molar-refractivity contribution in [1.82, 2.24) is 4.90 Å². The molecule has 1 aliphatic heterocycles. The normalized spacial score (nSPS) is 14.5. The van der Waals surface area contributed by atoms with Gasteiger partial charge in [-0.1, -0.05) is 64.5 Å². The number of imide groups is 1. The molecule has 0 unspecified atom stereocenters. The molecule has 0 aliphatic carbocycles. The number of methoxy groups -OCH3 is 1. The highest BCUT2D eigenvalue weighted by Gasteiger charge is 2.35. The maximum Gasteiger partial charge on any atom is 0.293 e. The Morgan fingerprint density at radius 1 is 0.941 bits per heavy atom. The average Bonchev–Trinajstić information content (AvgIpc) is 3.12. The fourth-order valence-corrected chi connectivity index (χ4v) is 4.57. The Bertz CT molecular complexity index is 1200. The smallest absolute Gasteiger partial charge is 0.293 e. The zero-order valence-electron chi connectivity index (χ0n) is 18.4. The van der Waals surface area contributed by atoms with Crippen LogP contribution in [-0.4, -0.2) is 36.3 Å². The number of para-hydroxylation sites is 1. The Hall–Kier alpha value is -3.23. The molecule has 3 aromatic rings. The minimum absolute atomic E-state index is 0.174. The fraction of sp³-hybridized carbons (Fsp3) is 0.154. The van der Waals surface area contributed by atoms with Crippen molar-refractivity contribution in [2.45, 2.75) is 6.61 Å². The average molecular weight is 540 g/mol. The van der Waals surface area contributed by atoms with E-state index in [0.29, 0.717) is 34.3 Å². The summed E-state index contributed by atoms with van der Waals surface area (Å²) in [6, 6.07) is 22.7. The van der Waals surface area contributed by atoms with Gasteiger partial charge >= 0.3 is 0 Å². The molecule has 0 aromatic heterocycles. The van der Waals surface area contributed by atoms with Crippen molar-refractivity contribution in [1.29, 1.82) is 0 Å². The molecule has 1 saturated heterocycles. The molecule has 0 N–H and O–H groups in total. The summed E-state index contributed by atoms with van der Waals surface area (Å²) >= 11 is 4.45. The first kappa shape index (κ1) is 23.9.